The SMILES string of the molecule is CCc1cc(C(F)(F)P(=O)(O)O)c(Br)c(CC)c1C. The Bertz CT molecular complexity index is 540. The van der Waals surface area contributed by atoms with Crippen molar-refractivity contribution in [2.24, 2.45) is 0 Å². The summed E-state index contributed by atoms with van der Waals surface area (Å²) in [5.74, 6) is 0. The van der Waals surface area contributed by atoms with Gasteiger partial charge in [-0.25, -0.2) is 0 Å². The van der Waals surface area contributed by atoms with Gasteiger partial charge in [0.05, 0.1) is 0 Å². The predicted molar refractivity (Wildman–Crippen MR) is 73.6 cm³/mol. The lowest BCUT2D eigenvalue weighted by molar-refractivity contribution is 0.0555. The highest BCUT2D eigenvalue weighted by atomic mass is 79.9. The Morgan fingerprint density at radius 1 is 1.32 bits per heavy atom. The van der Waals surface area contributed by atoms with Crippen LogP contribution in [-0.4, -0.2) is 9.79 Å². The van der Waals surface area contributed by atoms with Gasteiger partial charge in [-0.1, -0.05) is 13.8 Å². The molecule has 0 atom stereocenters. The van der Waals surface area contributed by atoms with Crippen molar-refractivity contribution in [3.8, 4) is 0 Å². The summed E-state index contributed by atoms with van der Waals surface area (Å²) in [6, 6.07) is 1.18. The molecule has 7 heteroatoms. The molecule has 0 aromatic heterocycles. The highest BCUT2D eigenvalue weighted by Gasteiger charge is 2.52. The zero-order chi connectivity index (χ0) is 15.0. The predicted octanol–water partition coefficient (Wildman–Crippen LogP) is 4.11. The number of benzene rings is 1. The molecule has 108 valence electrons. The molecule has 0 aliphatic rings. The fraction of sp³-hybridized carbons (Fsp3) is 0.500. The van der Waals surface area contributed by atoms with Crippen molar-refractivity contribution < 1.29 is 23.1 Å². The number of aryl methyl sites for hydroxylation is 1. The van der Waals surface area contributed by atoms with Crippen LogP contribution in [0, 0.1) is 6.92 Å². The quantitative estimate of drug-likeness (QED) is 0.798. The number of hydrogen-bond donors (Lipinski definition) is 2. The Hall–Kier alpha value is -0.290. The van der Waals surface area contributed by atoms with Gasteiger partial charge in [0.15, 0.2) is 0 Å². The first-order chi connectivity index (χ1) is 8.57. The van der Waals surface area contributed by atoms with E-state index in [9.17, 15) is 13.3 Å². The molecule has 0 amide bonds. The van der Waals surface area contributed by atoms with Crippen molar-refractivity contribution in [2.45, 2.75) is 39.3 Å². The fourth-order valence-electron chi connectivity index (χ4n) is 2.03. The molecule has 1 aromatic rings. The molecule has 3 nitrogen and oxygen atoms in total. The molecule has 0 heterocycles. The highest BCUT2D eigenvalue weighted by molar-refractivity contribution is 9.10. The maximum Gasteiger partial charge on any atom is 0.399 e. The van der Waals surface area contributed by atoms with Gasteiger partial charge in [-0.3, -0.25) is 4.57 Å². The molecule has 2 N–H and O–H groups in total. The summed E-state index contributed by atoms with van der Waals surface area (Å²) < 4.78 is 38.9. The van der Waals surface area contributed by atoms with Crippen LogP contribution in [0.3, 0.4) is 0 Å². The van der Waals surface area contributed by atoms with Crippen molar-refractivity contribution in [1.82, 2.24) is 0 Å². The summed E-state index contributed by atoms with van der Waals surface area (Å²) in [4.78, 5) is 17.7. The first-order valence-electron chi connectivity index (χ1n) is 5.82. The van der Waals surface area contributed by atoms with Crippen molar-refractivity contribution >= 4 is 23.5 Å². The number of hydrogen-bond acceptors (Lipinski definition) is 1. The van der Waals surface area contributed by atoms with Crippen LogP contribution >= 0.6 is 23.5 Å². The molecule has 0 aliphatic heterocycles. The van der Waals surface area contributed by atoms with Crippen LogP contribution in [0.4, 0.5) is 8.78 Å². The van der Waals surface area contributed by atoms with Gasteiger partial charge in [0.2, 0.25) is 0 Å². The van der Waals surface area contributed by atoms with E-state index >= 15 is 0 Å². The lowest BCUT2D eigenvalue weighted by Gasteiger charge is -2.23. The van der Waals surface area contributed by atoms with Crippen LogP contribution in [0.1, 0.15) is 36.1 Å². The van der Waals surface area contributed by atoms with Crippen molar-refractivity contribution in [3.05, 3.63) is 32.8 Å². The molecular weight excluding hydrogens is 341 g/mol. The van der Waals surface area contributed by atoms with E-state index in [4.69, 9.17) is 9.79 Å². The number of alkyl halides is 2. The maximum atomic E-state index is 13.9. The smallest absolute Gasteiger partial charge is 0.320 e. The first kappa shape index (κ1) is 16.8. The first-order valence-corrected chi connectivity index (χ1v) is 8.23. The minimum atomic E-state index is -5.56. The van der Waals surface area contributed by atoms with Gasteiger partial charge in [0.25, 0.3) is 0 Å². The minimum absolute atomic E-state index is 0.0815. The van der Waals surface area contributed by atoms with E-state index in [0.717, 1.165) is 5.56 Å². The third-order valence-electron chi connectivity index (χ3n) is 3.18. The van der Waals surface area contributed by atoms with Crippen LogP contribution < -0.4 is 0 Å². The summed E-state index contributed by atoms with van der Waals surface area (Å²) in [6.45, 7) is 5.45. The van der Waals surface area contributed by atoms with E-state index in [-0.39, 0.29) is 4.47 Å². The largest absolute Gasteiger partial charge is 0.399 e. The van der Waals surface area contributed by atoms with E-state index in [0.29, 0.717) is 24.0 Å². The average Bonchev–Trinajstić information content (AvgIpc) is 2.28. The van der Waals surface area contributed by atoms with Gasteiger partial charge in [-0.15, -0.1) is 0 Å². The lowest BCUT2D eigenvalue weighted by atomic mass is 9.95. The zero-order valence-electron chi connectivity index (χ0n) is 10.9. The van der Waals surface area contributed by atoms with E-state index in [2.05, 4.69) is 15.9 Å². The van der Waals surface area contributed by atoms with Crippen LogP contribution in [0.15, 0.2) is 10.5 Å². The second-order valence-electron chi connectivity index (χ2n) is 4.29. The monoisotopic (exact) mass is 356 g/mol. The van der Waals surface area contributed by atoms with E-state index in [1.54, 1.807) is 0 Å². The molecule has 0 bridgehead atoms. The van der Waals surface area contributed by atoms with Crippen LogP contribution in [-0.2, 0) is 23.1 Å². The Labute approximate surface area is 119 Å². The summed E-state index contributed by atoms with van der Waals surface area (Å²) >= 11 is 3.06. The Morgan fingerprint density at radius 3 is 2.21 bits per heavy atom. The summed E-state index contributed by atoms with van der Waals surface area (Å²) in [6.07, 6.45) is 1.03. The fourth-order valence-corrected chi connectivity index (χ4v) is 3.61. The minimum Gasteiger partial charge on any atom is -0.320 e. The standard InChI is InChI=1S/C12H16BrF2O3P/c1-4-8-6-10(12(14,15)19(16,17)18)11(13)9(5-2)7(8)3/h6H,4-5H2,1-3H3,(H2,16,17,18). The molecule has 1 aromatic carbocycles. The van der Waals surface area contributed by atoms with E-state index in [1.165, 1.54) is 6.07 Å². The molecule has 1 rings (SSSR count). The molecule has 0 radical (unpaired) electrons. The van der Waals surface area contributed by atoms with E-state index < -0.39 is 18.8 Å². The number of rotatable bonds is 4. The second kappa shape index (κ2) is 5.60. The van der Waals surface area contributed by atoms with Gasteiger partial charge in [0, 0.05) is 10.0 Å². The maximum absolute atomic E-state index is 13.9. The highest BCUT2D eigenvalue weighted by Crippen LogP contribution is 2.61. The molecule has 19 heavy (non-hydrogen) atoms. The normalized spacial score (nSPS) is 12.8. The Morgan fingerprint density at radius 2 is 1.84 bits per heavy atom. The third kappa shape index (κ3) is 2.92. The van der Waals surface area contributed by atoms with Gasteiger partial charge < -0.3 is 9.79 Å². The molecule has 0 fully saturated rings. The molecule has 0 saturated carbocycles. The summed E-state index contributed by atoms with van der Waals surface area (Å²) in [5.41, 5.74) is -2.62. The van der Waals surface area contributed by atoms with Crippen LogP contribution in [0.2, 0.25) is 0 Å². The Kier molecular flexibility index (Phi) is 4.94. The van der Waals surface area contributed by atoms with Gasteiger partial charge in [-0.05, 0) is 58.5 Å². The molecule has 0 aliphatic carbocycles. The molecule has 0 unspecified atom stereocenters. The second-order valence-corrected chi connectivity index (χ2v) is 6.74. The number of halogens is 3. The third-order valence-corrected chi connectivity index (χ3v) is 5.06. The Balaban J connectivity index is 3.67. The van der Waals surface area contributed by atoms with Crippen molar-refractivity contribution in [3.63, 3.8) is 0 Å². The van der Waals surface area contributed by atoms with E-state index in [1.807, 2.05) is 20.8 Å². The topological polar surface area (TPSA) is 57.5 Å². The van der Waals surface area contributed by atoms with Crippen molar-refractivity contribution in [1.29, 1.82) is 0 Å². The van der Waals surface area contributed by atoms with Gasteiger partial charge in [-0.2, -0.15) is 8.78 Å². The summed E-state index contributed by atoms with van der Waals surface area (Å²) in [5, 5.41) is 0. The van der Waals surface area contributed by atoms with Crippen LogP contribution in [0.25, 0.3) is 0 Å². The van der Waals surface area contributed by atoms with Crippen LogP contribution in [0.5, 0.6) is 0 Å². The zero-order valence-corrected chi connectivity index (χ0v) is 13.4. The van der Waals surface area contributed by atoms with Gasteiger partial charge in [0.1, 0.15) is 0 Å². The van der Waals surface area contributed by atoms with Gasteiger partial charge >= 0.3 is 13.3 Å². The summed E-state index contributed by atoms with van der Waals surface area (Å²) in [7, 11) is -5.56. The average molecular weight is 357 g/mol. The van der Waals surface area contributed by atoms with Crippen molar-refractivity contribution in [2.75, 3.05) is 0 Å². The molecular formula is C12H16BrF2O3P. The molecule has 0 saturated heterocycles. The lowest BCUT2D eigenvalue weighted by Crippen LogP contribution is -2.16. The molecule has 0 spiro atoms.